The lowest BCUT2D eigenvalue weighted by Gasteiger charge is -2.28. The number of hydrogen-bond acceptors (Lipinski definition) is 5. The fraction of sp³-hybridized carbons (Fsp3) is 0.500. The number of aromatic hydroxyl groups is 1. The number of amides is 1. The second kappa shape index (κ2) is 12.0. The summed E-state index contributed by atoms with van der Waals surface area (Å²) in [6.07, 6.45) is 1.04. The molecule has 0 spiro atoms. The number of phenolic OH excluding ortho intramolecular Hbond substituents is 1. The minimum absolute atomic E-state index is 0.0512. The van der Waals surface area contributed by atoms with Crippen molar-refractivity contribution in [3.8, 4) is 5.75 Å². The van der Waals surface area contributed by atoms with Crippen LogP contribution in [0.1, 0.15) is 55.9 Å². The summed E-state index contributed by atoms with van der Waals surface area (Å²) in [6.45, 7) is 8.18. The lowest BCUT2D eigenvalue weighted by atomic mass is 9.91. The summed E-state index contributed by atoms with van der Waals surface area (Å²) < 4.78 is 0. The summed E-state index contributed by atoms with van der Waals surface area (Å²) in [5.74, 6) is 0.0302. The Hall–Kier alpha value is -2.41. The van der Waals surface area contributed by atoms with Gasteiger partial charge in [0.05, 0.1) is 12.0 Å². The molecule has 0 aliphatic heterocycles. The standard InChI is InChI=1S/C26H39N3O3/c1-19(25(32)27-14-7-15-29(4)5)22-9-6-8-20(16-22)17-26(2,3)28-18-24(31)21-10-12-23(30)13-11-21/h6,8-13,16,19,24,28,30-31H,7,14-15,17-18H2,1-5H3,(H,27,32). The van der Waals surface area contributed by atoms with E-state index in [9.17, 15) is 15.0 Å². The molecule has 0 saturated heterocycles. The van der Waals surface area contributed by atoms with Crippen LogP contribution < -0.4 is 10.6 Å². The van der Waals surface area contributed by atoms with Crippen LogP contribution in [0.5, 0.6) is 5.75 Å². The van der Waals surface area contributed by atoms with Crippen LogP contribution in [0.4, 0.5) is 0 Å². The SMILES string of the molecule is CC(C(=O)NCCCN(C)C)c1cccc(CC(C)(C)NCC(O)c2ccc(O)cc2)c1. The number of hydrogen-bond donors (Lipinski definition) is 4. The van der Waals surface area contributed by atoms with E-state index in [4.69, 9.17) is 0 Å². The molecule has 32 heavy (non-hydrogen) atoms. The van der Waals surface area contributed by atoms with Crippen LogP contribution in [0.3, 0.4) is 0 Å². The van der Waals surface area contributed by atoms with E-state index >= 15 is 0 Å². The molecule has 0 fully saturated rings. The van der Waals surface area contributed by atoms with E-state index in [1.807, 2.05) is 33.2 Å². The molecular weight excluding hydrogens is 402 g/mol. The van der Waals surface area contributed by atoms with E-state index < -0.39 is 6.10 Å². The van der Waals surface area contributed by atoms with E-state index in [1.165, 1.54) is 0 Å². The molecular formula is C26H39N3O3. The van der Waals surface area contributed by atoms with Crippen molar-refractivity contribution in [2.45, 2.75) is 51.2 Å². The Bertz CT molecular complexity index is 850. The predicted molar refractivity (Wildman–Crippen MR) is 130 cm³/mol. The van der Waals surface area contributed by atoms with Gasteiger partial charge in [-0.2, -0.15) is 0 Å². The summed E-state index contributed by atoms with van der Waals surface area (Å²) in [7, 11) is 4.06. The van der Waals surface area contributed by atoms with E-state index in [0.29, 0.717) is 13.1 Å². The molecule has 2 aromatic rings. The molecule has 176 valence electrons. The third kappa shape index (κ3) is 8.61. The first-order valence-corrected chi connectivity index (χ1v) is 11.3. The minimum atomic E-state index is -0.655. The molecule has 0 aliphatic rings. The fourth-order valence-electron chi connectivity index (χ4n) is 3.64. The zero-order chi connectivity index (χ0) is 23.7. The van der Waals surface area contributed by atoms with E-state index in [1.54, 1.807) is 24.3 Å². The average Bonchev–Trinajstić information content (AvgIpc) is 2.74. The number of nitrogens with zero attached hydrogens (tertiary/aromatic N) is 1. The van der Waals surface area contributed by atoms with Gasteiger partial charge in [-0.05, 0) is 83.1 Å². The Labute approximate surface area is 192 Å². The van der Waals surface area contributed by atoms with Gasteiger partial charge in [-0.15, -0.1) is 0 Å². The molecule has 1 amide bonds. The van der Waals surface area contributed by atoms with Crippen molar-refractivity contribution in [1.82, 2.24) is 15.5 Å². The van der Waals surface area contributed by atoms with E-state index in [0.717, 1.165) is 36.1 Å². The number of rotatable bonds is 12. The molecule has 4 N–H and O–H groups in total. The average molecular weight is 442 g/mol. The van der Waals surface area contributed by atoms with Crippen molar-refractivity contribution < 1.29 is 15.0 Å². The topological polar surface area (TPSA) is 84.8 Å². The van der Waals surface area contributed by atoms with Gasteiger partial charge in [0.25, 0.3) is 0 Å². The van der Waals surface area contributed by atoms with Gasteiger partial charge in [-0.1, -0.05) is 36.4 Å². The zero-order valence-corrected chi connectivity index (χ0v) is 20.1. The molecule has 2 unspecified atom stereocenters. The predicted octanol–water partition coefficient (Wildman–Crippen LogP) is 3.21. The van der Waals surface area contributed by atoms with Crippen molar-refractivity contribution in [1.29, 1.82) is 0 Å². The van der Waals surface area contributed by atoms with E-state index in [2.05, 4.69) is 41.5 Å². The normalized spacial score (nSPS) is 13.7. The van der Waals surface area contributed by atoms with Crippen molar-refractivity contribution in [3.63, 3.8) is 0 Å². The summed E-state index contributed by atoms with van der Waals surface area (Å²) in [6, 6.07) is 14.8. The van der Waals surface area contributed by atoms with Crippen molar-refractivity contribution in [2.75, 3.05) is 33.7 Å². The molecule has 6 heteroatoms. The number of aliphatic hydroxyl groups excluding tert-OH is 1. The van der Waals surface area contributed by atoms with Crippen molar-refractivity contribution in [3.05, 3.63) is 65.2 Å². The van der Waals surface area contributed by atoms with Gasteiger partial charge in [-0.3, -0.25) is 4.79 Å². The van der Waals surface area contributed by atoms with Gasteiger partial charge in [0.15, 0.2) is 0 Å². The van der Waals surface area contributed by atoms with Crippen LogP contribution >= 0.6 is 0 Å². The third-order valence-electron chi connectivity index (χ3n) is 5.62. The quantitative estimate of drug-likeness (QED) is 0.380. The largest absolute Gasteiger partial charge is 0.508 e. The summed E-state index contributed by atoms with van der Waals surface area (Å²) in [5, 5.41) is 26.3. The number of benzene rings is 2. The molecule has 0 saturated carbocycles. The van der Waals surface area contributed by atoms with Gasteiger partial charge in [0.1, 0.15) is 5.75 Å². The first kappa shape index (κ1) is 25.8. The second-order valence-corrected chi connectivity index (χ2v) is 9.46. The maximum absolute atomic E-state index is 12.5. The Morgan fingerprint density at radius 1 is 1.09 bits per heavy atom. The number of aliphatic hydroxyl groups is 1. The Kier molecular flexibility index (Phi) is 9.69. The monoisotopic (exact) mass is 441 g/mol. The fourth-order valence-corrected chi connectivity index (χ4v) is 3.64. The number of carbonyl (C=O) groups excluding carboxylic acids is 1. The van der Waals surface area contributed by atoms with Crippen LogP contribution in [-0.2, 0) is 11.2 Å². The highest BCUT2D eigenvalue weighted by atomic mass is 16.3. The van der Waals surface area contributed by atoms with Crippen LogP contribution in [0.2, 0.25) is 0 Å². The highest BCUT2D eigenvalue weighted by molar-refractivity contribution is 5.83. The highest BCUT2D eigenvalue weighted by Gasteiger charge is 2.21. The first-order chi connectivity index (χ1) is 15.1. The molecule has 6 nitrogen and oxygen atoms in total. The molecule has 2 rings (SSSR count). The summed E-state index contributed by atoms with van der Waals surface area (Å²) in [4.78, 5) is 14.6. The number of β-amino-alcohol motifs (C(OH)–C–C–N with tert-alkyl or cyclic N) is 1. The highest BCUT2D eigenvalue weighted by Crippen LogP contribution is 2.21. The molecule has 0 aliphatic carbocycles. The lowest BCUT2D eigenvalue weighted by Crippen LogP contribution is -2.43. The minimum Gasteiger partial charge on any atom is -0.508 e. The molecule has 2 atom stereocenters. The Balaban J connectivity index is 1.90. The molecule has 0 heterocycles. The second-order valence-electron chi connectivity index (χ2n) is 9.46. The van der Waals surface area contributed by atoms with Crippen molar-refractivity contribution in [2.24, 2.45) is 0 Å². The van der Waals surface area contributed by atoms with Gasteiger partial charge in [-0.25, -0.2) is 0 Å². The number of carbonyl (C=O) groups is 1. The Morgan fingerprint density at radius 3 is 2.44 bits per heavy atom. The zero-order valence-electron chi connectivity index (χ0n) is 20.1. The lowest BCUT2D eigenvalue weighted by molar-refractivity contribution is -0.122. The van der Waals surface area contributed by atoms with Crippen LogP contribution in [-0.4, -0.2) is 60.3 Å². The molecule has 0 aromatic heterocycles. The van der Waals surface area contributed by atoms with Gasteiger partial charge in [0.2, 0.25) is 5.91 Å². The van der Waals surface area contributed by atoms with Crippen LogP contribution in [0.25, 0.3) is 0 Å². The van der Waals surface area contributed by atoms with Crippen molar-refractivity contribution >= 4 is 5.91 Å². The smallest absolute Gasteiger partial charge is 0.227 e. The number of nitrogens with one attached hydrogen (secondary N) is 2. The first-order valence-electron chi connectivity index (χ1n) is 11.3. The van der Waals surface area contributed by atoms with Crippen LogP contribution in [0, 0.1) is 0 Å². The third-order valence-corrected chi connectivity index (χ3v) is 5.62. The maximum Gasteiger partial charge on any atom is 0.227 e. The number of phenols is 1. The van der Waals surface area contributed by atoms with E-state index in [-0.39, 0.29) is 23.1 Å². The molecule has 2 aromatic carbocycles. The van der Waals surface area contributed by atoms with Gasteiger partial charge < -0.3 is 25.7 Å². The molecule has 0 bridgehead atoms. The summed E-state index contributed by atoms with van der Waals surface area (Å²) in [5.41, 5.74) is 2.67. The van der Waals surface area contributed by atoms with Gasteiger partial charge >= 0.3 is 0 Å². The van der Waals surface area contributed by atoms with Crippen LogP contribution in [0.15, 0.2) is 48.5 Å². The van der Waals surface area contributed by atoms with Gasteiger partial charge in [0, 0.05) is 18.6 Å². The summed E-state index contributed by atoms with van der Waals surface area (Å²) >= 11 is 0. The molecule has 0 radical (unpaired) electrons. The maximum atomic E-state index is 12.5. The Morgan fingerprint density at radius 2 is 1.78 bits per heavy atom.